The standard InChI is InChI=1S/C21H20N2O4S2/c1-13-11-15(23(25)26)7-9-17(13)18-10-8-16(27-18)12-19-20(24)22(21(28)29-19)14-5-3-2-4-6-14/h7-12,14H,2-6H2,1H3. The Labute approximate surface area is 178 Å². The number of hydrogen-bond acceptors (Lipinski definition) is 6. The van der Waals surface area contributed by atoms with Gasteiger partial charge < -0.3 is 4.42 Å². The van der Waals surface area contributed by atoms with Crippen molar-refractivity contribution >= 4 is 46.0 Å². The van der Waals surface area contributed by atoms with Crippen molar-refractivity contribution in [1.29, 1.82) is 0 Å². The third kappa shape index (κ3) is 4.00. The van der Waals surface area contributed by atoms with Gasteiger partial charge in [0.15, 0.2) is 0 Å². The maximum atomic E-state index is 12.9. The van der Waals surface area contributed by atoms with E-state index in [2.05, 4.69) is 0 Å². The van der Waals surface area contributed by atoms with Crippen molar-refractivity contribution < 1.29 is 14.1 Å². The second-order valence-electron chi connectivity index (χ2n) is 7.30. The first kappa shape index (κ1) is 19.8. The minimum Gasteiger partial charge on any atom is -0.457 e. The minimum atomic E-state index is -0.418. The quantitative estimate of drug-likeness (QED) is 0.269. The Morgan fingerprint density at radius 1 is 1.24 bits per heavy atom. The summed E-state index contributed by atoms with van der Waals surface area (Å²) in [6, 6.07) is 8.47. The third-order valence-corrected chi connectivity index (χ3v) is 6.68. The number of thiocarbonyl (C=S) groups is 1. The van der Waals surface area contributed by atoms with E-state index >= 15 is 0 Å². The second kappa shape index (κ2) is 8.12. The molecule has 2 aromatic rings. The average Bonchev–Trinajstić information content (AvgIpc) is 3.27. The number of rotatable bonds is 4. The number of furan rings is 1. The number of nitro groups is 1. The summed E-state index contributed by atoms with van der Waals surface area (Å²) in [6.07, 6.45) is 7.23. The number of amides is 1. The fourth-order valence-corrected chi connectivity index (χ4v) is 5.26. The van der Waals surface area contributed by atoms with Crippen LogP contribution < -0.4 is 0 Å². The molecule has 6 nitrogen and oxygen atoms in total. The molecule has 8 heteroatoms. The lowest BCUT2D eigenvalue weighted by Gasteiger charge is -2.29. The van der Waals surface area contributed by atoms with E-state index in [-0.39, 0.29) is 17.6 Å². The normalized spacial score (nSPS) is 19.3. The van der Waals surface area contributed by atoms with Gasteiger partial charge in [0.2, 0.25) is 0 Å². The average molecular weight is 429 g/mol. The molecule has 2 heterocycles. The molecule has 1 saturated carbocycles. The van der Waals surface area contributed by atoms with Gasteiger partial charge >= 0.3 is 0 Å². The zero-order chi connectivity index (χ0) is 20.5. The van der Waals surface area contributed by atoms with Crippen LogP contribution in [0.2, 0.25) is 0 Å². The highest BCUT2D eigenvalue weighted by Crippen LogP contribution is 2.38. The van der Waals surface area contributed by atoms with E-state index in [1.165, 1.54) is 30.3 Å². The predicted molar refractivity (Wildman–Crippen MR) is 117 cm³/mol. The van der Waals surface area contributed by atoms with Crippen molar-refractivity contribution in [1.82, 2.24) is 4.90 Å². The summed E-state index contributed by atoms with van der Waals surface area (Å²) < 4.78 is 6.52. The smallest absolute Gasteiger partial charge is 0.269 e. The molecule has 4 rings (SSSR count). The summed E-state index contributed by atoms with van der Waals surface area (Å²) in [5.41, 5.74) is 1.58. The van der Waals surface area contributed by atoms with Crippen molar-refractivity contribution in [3.8, 4) is 11.3 Å². The molecule has 2 fully saturated rings. The maximum Gasteiger partial charge on any atom is 0.269 e. The number of hydrogen-bond donors (Lipinski definition) is 0. The van der Waals surface area contributed by atoms with E-state index < -0.39 is 4.92 Å². The monoisotopic (exact) mass is 428 g/mol. The van der Waals surface area contributed by atoms with Crippen LogP contribution in [0.15, 0.2) is 39.7 Å². The highest BCUT2D eigenvalue weighted by Gasteiger charge is 2.37. The SMILES string of the molecule is Cc1cc([N+](=O)[O-])ccc1-c1ccc(C=C2SC(=S)N(C3CCCCC3)C2=O)o1. The lowest BCUT2D eigenvalue weighted by atomic mass is 9.94. The highest BCUT2D eigenvalue weighted by molar-refractivity contribution is 8.26. The van der Waals surface area contributed by atoms with Crippen LogP contribution in [0.3, 0.4) is 0 Å². The summed E-state index contributed by atoms with van der Waals surface area (Å²) in [7, 11) is 0. The van der Waals surface area contributed by atoms with Crippen LogP contribution in [0.4, 0.5) is 5.69 Å². The van der Waals surface area contributed by atoms with Crippen LogP contribution in [0.1, 0.15) is 43.4 Å². The first-order valence-electron chi connectivity index (χ1n) is 9.56. The van der Waals surface area contributed by atoms with Crippen LogP contribution >= 0.6 is 24.0 Å². The molecule has 2 aliphatic rings. The van der Waals surface area contributed by atoms with Gasteiger partial charge in [0, 0.05) is 29.8 Å². The van der Waals surface area contributed by atoms with E-state index in [0.29, 0.717) is 20.7 Å². The van der Waals surface area contributed by atoms with E-state index in [9.17, 15) is 14.9 Å². The van der Waals surface area contributed by atoms with Gasteiger partial charge in [0.25, 0.3) is 11.6 Å². The molecule has 1 aliphatic heterocycles. The zero-order valence-corrected chi connectivity index (χ0v) is 17.6. The Morgan fingerprint density at radius 3 is 2.69 bits per heavy atom. The number of carbonyl (C=O) groups excluding carboxylic acids is 1. The molecule has 29 heavy (non-hydrogen) atoms. The number of non-ortho nitro benzene ring substituents is 1. The maximum absolute atomic E-state index is 12.9. The number of carbonyl (C=O) groups is 1. The highest BCUT2D eigenvalue weighted by atomic mass is 32.2. The molecular weight excluding hydrogens is 408 g/mol. The Kier molecular flexibility index (Phi) is 5.56. The van der Waals surface area contributed by atoms with Gasteiger partial charge in [-0.05, 0) is 43.5 Å². The van der Waals surface area contributed by atoms with E-state index in [4.69, 9.17) is 16.6 Å². The molecule has 0 unspecified atom stereocenters. The van der Waals surface area contributed by atoms with Crippen molar-refractivity contribution in [3.05, 3.63) is 56.7 Å². The van der Waals surface area contributed by atoms with Crippen LogP contribution in [-0.2, 0) is 4.79 Å². The second-order valence-corrected chi connectivity index (χ2v) is 8.98. The fourth-order valence-electron chi connectivity index (χ4n) is 3.88. The molecule has 0 N–H and O–H groups in total. The molecule has 1 aromatic carbocycles. The van der Waals surface area contributed by atoms with Crippen LogP contribution in [-0.4, -0.2) is 26.1 Å². The van der Waals surface area contributed by atoms with Gasteiger partial charge in [-0.2, -0.15) is 0 Å². The number of aryl methyl sites for hydroxylation is 1. The van der Waals surface area contributed by atoms with Crippen molar-refractivity contribution in [2.45, 2.75) is 45.1 Å². The molecule has 0 radical (unpaired) electrons. The molecule has 1 saturated heterocycles. The molecule has 0 spiro atoms. The molecular formula is C21H20N2O4S2. The van der Waals surface area contributed by atoms with Crippen molar-refractivity contribution in [2.75, 3.05) is 0 Å². The molecule has 1 aliphatic carbocycles. The van der Waals surface area contributed by atoms with Gasteiger partial charge in [-0.1, -0.05) is 43.2 Å². The summed E-state index contributed by atoms with van der Waals surface area (Å²) in [4.78, 5) is 25.7. The molecule has 0 atom stereocenters. The minimum absolute atomic E-state index is 0.0450. The van der Waals surface area contributed by atoms with Gasteiger partial charge in [-0.25, -0.2) is 0 Å². The van der Waals surface area contributed by atoms with Crippen LogP contribution in [0, 0.1) is 17.0 Å². The Morgan fingerprint density at radius 2 is 2.00 bits per heavy atom. The van der Waals surface area contributed by atoms with Gasteiger partial charge in [0.05, 0.1) is 9.83 Å². The van der Waals surface area contributed by atoms with E-state index in [0.717, 1.165) is 36.8 Å². The van der Waals surface area contributed by atoms with Crippen molar-refractivity contribution in [2.24, 2.45) is 0 Å². The summed E-state index contributed by atoms with van der Waals surface area (Å²) >= 11 is 6.78. The first-order valence-corrected chi connectivity index (χ1v) is 10.8. The molecule has 1 aromatic heterocycles. The summed E-state index contributed by atoms with van der Waals surface area (Å²) in [5.74, 6) is 1.12. The fraction of sp³-hybridized carbons (Fsp3) is 0.333. The lowest BCUT2D eigenvalue weighted by molar-refractivity contribution is -0.384. The Balaban J connectivity index is 1.56. The van der Waals surface area contributed by atoms with E-state index in [1.807, 2.05) is 6.07 Å². The Hall–Kier alpha value is -2.45. The summed E-state index contributed by atoms with van der Waals surface area (Å²) in [6.45, 7) is 1.81. The largest absolute Gasteiger partial charge is 0.457 e. The molecule has 1 amide bonds. The van der Waals surface area contributed by atoms with Crippen molar-refractivity contribution in [3.63, 3.8) is 0 Å². The summed E-state index contributed by atoms with van der Waals surface area (Å²) in [5, 5.41) is 10.9. The number of thioether (sulfide) groups is 1. The van der Waals surface area contributed by atoms with E-state index in [1.54, 1.807) is 30.0 Å². The third-order valence-electron chi connectivity index (χ3n) is 5.35. The predicted octanol–water partition coefficient (Wildman–Crippen LogP) is 5.70. The zero-order valence-electron chi connectivity index (χ0n) is 15.9. The topological polar surface area (TPSA) is 76.6 Å². The molecule has 150 valence electrons. The van der Waals surface area contributed by atoms with Gasteiger partial charge in [0.1, 0.15) is 15.8 Å². The molecule has 0 bridgehead atoms. The lowest BCUT2D eigenvalue weighted by Crippen LogP contribution is -2.39. The first-order chi connectivity index (χ1) is 13.9. The van der Waals surface area contributed by atoms with Crippen LogP contribution in [0.25, 0.3) is 17.4 Å². The number of nitrogens with zero attached hydrogens (tertiary/aromatic N) is 2. The van der Waals surface area contributed by atoms with Gasteiger partial charge in [-0.3, -0.25) is 19.8 Å². The van der Waals surface area contributed by atoms with Gasteiger partial charge in [-0.15, -0.1) is 0 Å². The number of nitro benzene ring substituents is 1. The van der Waals surface area contributed by atoms with Crippen LogP contribution in [0.5, 0.6) is 0 Å². The number of benzene rings is 1. The Bertz CT molecular complexity index is 1020.